The fourth-order valence-electron chi connectivity index (χ4n) is 6.37. The Morgan fingerprint density at radius 2 is 0.820 bits per heavy atom. The van der Waals surface area contributed by atoms with Gasteiger partial charge in [-0.15, -0.1) is 69.1 Å². The molecule has 0 spiro atoms. The van der Waals surface area contributed by atoms with Gasteiger partial charge in [-0.1, -0.05) is 127 Å². The van der Waals surface area contributed by atoms with E-state index in [1.165, 1.54) is 66.1 Å². The van der Waals surface area contributed by atoms with Gasteiger partial charge in [0.1, 0.15) is 0 Å². The molecule has 0 aliphatic rings. The van der Waals surface area contributed by atoms with Crippen LogP contribution in [-0.2, 0) is 34.6 Å². The molecule has 0 aliphatic heterocycles. The van der Waals surface area contributed by atoms with Gasteiger partial charge in [-0.3, -0.25) is 0 Å². The van der Waals surface area contributed by atoms with E-state index in [-0.39, 0.29) is 46.5 Å². The molecule has 0 amide bonds. The fourth-order valence-corrected chi connectivity index (χ4v) is 6.37. The number of fused-ring (bicyclic) bond motifs is 2. The fraction of sp³-hybridized carbons (Fsp3) is 0.319. The Balaban J connectivity index is 0.000000439. The Hall–Kier alpha value is -2.61. The Labute approximate surface area is 331 Å². The first-order chi connectivity index (χ1) is 22.5. The third-order valence-corrected chi connectivity index (χ3v) is 8.69. The molecule has 266 valence electrons. The summed E-state index contributed by atoms with van der Waals surface area (Å²) in [7, 11) is 0. The molecule has 0 aliphatic carbocycles. The normalized spacial score (nSPS) is 10.7. The van der Waals surface area contributed by atoms with Crippen LogP contribution in [0.5, 0.6) is 0 Å². The summed E-state index contributed by atoms with van der Waals surface area (Å²) in [5.74, 6) is 2.57. The van der Waals surface area contributed by atoms with Crippen molar-refractivity contribution in [2.24, 2.45) is 11.8 Å². The van der Waals surface area contributed by atoms with Crippen molar-refractivity contribution in [3.63, 3.8) is 0 Å². The summed E-state index contributed by atoms with van der Waals surface area (Å²) in [5, 5.41) is 5.49. The van der Waals surface area contributed by atoms with Crippen LogP contribution in [-0.4, -0.2) is 0 Å². The first-order valence-corrected chi connectivity index (χ1v) is 17.7. The minimum absolute atomic E-state index is 0. The smallest absolute Gasteiger partial charge is 1.00 e. The summed E-state index contributed by atoms with van der Waals surface area (Å²) >= 11 is 0. The Kier molecular flexibility index (Phi) is 19.7. The minimum Gasteiger partial charge on any atom is -1.00 e. The van der Waals surface area contributed by atoms with Crippen LogP contribution in [0, 0.1) is 25.7 Å². The second-order valence-corrected chi connectivity index (χ2v) is 14.4. The van der Waals surface area contributed by atoms with Crippen LogP contribution >= 0.6 is 0 Å². The maximum atomic E-state index is 3.38. The molecular weight excluding hydrogens is 683 g/mol. The van der Waals surface area contributed by atoms with Gasteiger partial charge >= 0.3 is 21.7 Å². The first-order valence-electron chi connectivity index (χ1n) is 17.7. The van der Waals surface area contributed by atoms with E-state index in [1.807, 2.05) is 0 Å². The maximum absolute atomic E-state index is 3.38. The van der Waals surface area contributed by atoms with Crippen molar-refractivity contribution in [3.05, 3.63) is 145 Å². The molecule has 0 atom stereocenters. The van der Waals surface area contributed by atoms with Crippen molar-refractivity contribution in [2.75, 3.05) is 0 Å². The molecule has 6 aromatic carbocycles. The second-order valence-electron chi connectivity index (χ2n) is 14.4. The van der Waals surface area contributed by atoms with Crippen LogP contribution in [0.4, 0.5) is 0 Å². The average molecular weight is 740 g/mol. The molecule has 0 bridgehead atoms. The molecule has 0 aromatic heterocycles. The van der Waals surface area contributed by atoms with Gasteiger partial charge in [-0.25, -0.2) is 0 Å². The molecule has 3 heteroatoms. The SMILES string of the molecule is CC(C)Cc1cc2c(-c3ccc(C(C)C)cc3)cccc2[cH-]1.CC(C)Cc1cc2c(-c3ccc(C(C)C)cc3)cccc2[cH-]1.[CH2-]C[CH2-].[Cl-].[Cl-].[Ti+2]. The van der Waals surface area contributed by atoms with E-state index < -0.39 is 0 Å². The van der Waals surface area contributed by atoms with Crippen molar-refractivity contribution in [1.82, 2.24) is 0 Å². The van der Waals surface area contributed by atoms with E-state index in [1.54, 1.807) is 0 Å². The molecular formula is C47H56Cl2Ti-4. The van der Waals surface area contributed by atoms with Gasteiger partial charge in [0, 0.05) is 0 Å². The number of benzene rings is 4. The van der Waals surface area contributed by atoms with Crippen LogP contribution in [0.1, 0.15) is 95.9 Å². The summed E-state index contributed by atoms with van der Waals surface area (Å²) < 4.78 is 0. The van der Waals surface area contributed by atoms with E-state index in [2.05, 4.69) is 178 Å². The van der Waals surface area contributed by atoms with Gasteiger partial charge < -0.3 is 45.1 Å². The molecule has 0 nitrogen and oxygen atoms in total. The quantitative estimate of drug-likeness (QED) is 0.109. The second kappa shape index (κ2) is 21.7. The molecule has 0 heterocycles. The van der Waals surface area contributed by atoms with E-state index in [9.17, 15) is 0 Å². The standard InChI is InChI=1S/2C22H25.C3H6.2ClH.Ti/c2*1-15(2)12-17-13-20-6-5-7-21(22(20)14-17)19-10-8-18(9-11-19)16(3)4;1-3-2;;;/h2*5-11,13-16H,12H2,1-4H3;1-3H2;2*1H;/q2*-1;-2;;;+2/p-2. The van der Waals surface area contributed by atoms with Crippen LogP contribution in [0.2, 0.25) is 0 Å². The zero-order chi connectivity index (χ0) is 34.1. The molecule has 0 fully saturated rings. The number of halogens is 2. The predicted octanol–water partition coefficient (Wildman–Crippen LogP) is 8.15. The van der Waals surface area contributed by atoms with Crippen molar-refractivity contribution in [3.8, 4) is 22.3 Å². The maximum Gasteiger partial charge on any atom is 2.00 e. The predicted molar refractivity (Wildman–Crippen MR) is 211 cm³/mol. The molecule has 0 radical (unpaired) electrons. The van der Waals surface area contributed by atoms with E-state index in [0.717, 1.165) is 19.3 Å². The van der Waals surface area contributed by atoms with Crippen molar-refractivity contribution >= 4 is 21.5 Å². The van der Waals surface area contributed by atoms with Crippen LogP contribution in [0.3, 0.4) is 0 Å². The van der Waals surface area contributed by atoms with Gasteiger partial charge in [0.2, 0.25) is 0 Å². The largest absolute Gasteiger partial charge is 2.00 e. The number of hydrogen-bond acceptors (Lipinski definition) is 0. The number of hydrogen-bond donors (Lipinski definition) is 0. The summed E-state index contributed by atoms with van der Waals surface area (Å²) in [6.45, 7) is 24.8. The van der Waals surface area contributed by atoms with Crippen LogP contribution in [0.25, 0.3) is 43.8 Å². The summed E-state index contributed by atoms with van der Waals surface area (Å²) in [6, 6.07) is 40.8. The third kappa shape index (κ3) is 12.3. The zero-order valence-electron chi connectivity index (χ0n) is 31.5. The van der Waals surface area contributed by atoms with Gasteiger partial charge in [0.25, 0.3) is 0 Å². The minimum atomic E-state index is 0. The van der Waals surface area contributed by atoms with E-state index in [0.29, 0.717) is 23.7 Å². The van der Waals surface area contributed by atoms with Crippen LogP contribution < -0.4 is 24.8 Å². The molecule has 6 rings (SSSR count). The van der Waals surface area contributed by atoms with E-state index in [4.69, 9.17) is 0 Å². The summed E-state index contributed by atoms with van der Waals surface area (Å²) in [6.07, 6.45) is 3.06. The summed E-state index contributed by atoms with van der Waals surface area (Å²) in [5.41, 5.74) is 11.0. The summed E-state index contributed by atoms with van der Waals surface area (Å²) in [4.78, 5) is 0. The Bertz CT molecular complexity index is 1680. The molecule has 0 unspecified atom stereocenters. The molecule has 0 saturated carbocycles. The van der Waals surface area contributed by atoms with Crippen molar-refractivity contribution in [2.45, 2.75) is 86.5 Å². The zero-order valence-corrected chi connectivity index (χ0v) is 34.6. The topological polar surface area (TPSA) is 0 Å². The molecule has 0 saturated heterocycles. The Morgan fingerprint density at radius 1 is 0.500 bits per heavy atom. The average Bonchev–Trinajstić information content (AvgIpc) is 3.64. The van der Waals surface area contributed by atoms with Gasteiger partial charge in [0.15, 0.2) is 0 Å². The monoisotopic (exact) mass is 738 g/mol. The molecule has 6 aromatic rings. The van der Waals surface area contributed by atoms with Crippen molar-refractivity contribution in [1.29, 1.82) is 0 Å². The van der Waals surface area contributed by atoms with Crippen molar-refractivity contribution < 1.29 is 46.5 Å². The van der Waals surface area contributed by atoms with Gasteiger partial charge in [-0.05, 0) is 58.8 Å². The van der Waals surface area contributed by atoms with E-state index >= 15 is 0 Å². The Morgan fingerprint density at radius 3 is 1.10 bits per heavy atom. The number of rotatable bonds is 8. The van der Waals surface area contributed by atoms with Crippen LogP contribution in [0.15, 0.2) is 109 Å². The molecule has 0 N–H and O–H groups in total. The third-order valence-electron chi connectivity index (χ3n) is 8.69. The first kappa shape index (κ1) is 45.4. The van der Waals surface area contributed by atoms with Gasteiger partial charge in [-0.2, -0.15) is 12.1 Å². The van der Waals surface area contributed by atoms with Gasteiger partial charge in [0.05, 0.1) is 0 Å². The molecule has 50 heavy (non-hydrogen) atoms.